The lowest BCUT2D eigenvalue weighted by atomic mass is 10.2. The number of nitrogen functional groups attached to an aromatic ring is 1. The summed E-state index contributed by atoms with van der Waals surface area (Å²) < 4.78 is 0. The Bertz CT molecular complexity index is 390. The van der Waals surface area contributed by atoms with E-state index in [1.807, 2.05) is 0 Å². The summed E-state index contributed by atoms with van der Waals surface area (Å²) in [4.78, 5) is 10.7. The number of hydrogen-bond acceptors (Lipinski definition) is 2. The lowest BCUT2D eigenvalue weighted by molar-refractivity contribution is 0.0698. The first kappa shape index (κ1) is 11.7. The number of carboxylic acids is 1. The lowest BCUT2D eigenvalue weighted by Crippen LogP contribution is -2.05. The van der Waals surface area contributed by atoms with Crippen LogP contribution in [0.4, 0.5) is 5.69 Å². The summed E-state index contributed by atoms with van der Waals surface area (Å²) >= 11 is 22.6. The molecule has 0 saturated carbocycles. The molecule has 14 heavy (non-hydrogen) atoms. The highest BCUT2D eigenvalue weighted by Gasteiger charge is 2.22. The number of carboxylic acid groups (broad SMARTS) is 1. The third-order valence-corrected chi connectivity index (χ3v) is 3.33. The van der Waals surface area contributed by atoms with E-state index in [4.69, 9.17) is 57.2 Å². The fourth-order valence-corrected chi connectivity index (χ4v) is 1.81. The first-order valence-corrected chi connectivity index (χ1v) is 4.73. The minimum Gasteiger partial charge on any atom is -0.478 e. The maximum Gasteiger partial charge on any atom is 0.339 e. The zero-order chi connectivity index (χ0) is 11.0. The predicted molar refractivity (Wildman–Crippen MR) is 57.9 cm³/mol. The van der Waals surface area contributed by atoms with Crippen molar-refractivity contribution in [3.63, 3.8) is 0 Å². The maximum atomic E-state index is 10.7. The summed E-state index contributed by atoms with van der Waals surface area (Å²) in [6.07, 6.45) is 0. The van der Waals surface area contributed by atoms with E-state index in [0.717, 1.165) is 0 Å². The molecule has 0 unspecified atom stereocenters. The van der Waals surface area contributed by atoms with E-state index in [0.29, 0.717) is 0 Å². The molecule has 0 aromatic heterocycles. The number of benzene rings is 1. The van der Waals surface area contributed by atoms with Crippen molar-refractivity contribution < 1.29 is 9.90 Å². The van der Waals surface area contributed by atoms with Crippen molar-refractivity contribution in [1.29, 1.82) is 0 Å². The maximum absolute atomic E-state index is 10.7. The van der Waals surface area contributed by atoms with Gasteiger partial charge in [0.1, 0.15) is 5.56 Å². The number of anilines is 1. The molecule has 0 saturated heterocycles. The Labute approximate surface area is 99.3 Å². The Kier molecular flexibility index (Phi) is 3.37. The number of rotatable bonds is 1. The third-order valence-electron chi connectivity index (χ3n) is 1.52. The molecule has 1 rings (SSSR count). The van der Waals surface area contributed by atoms with Crippen LogP contribution in [0.2, 0.25) is 20.1 Å². The molecule has 1 aromatic rings. The molecule has 76 valence electrons. The van der Waals surface area contributed by atoms with Crippen molar-refractivity contribution in [3.05, 3.63) is 25.7 Å². The quantitative estimate of drug-likeness (QED) is 0.467. The van der Waals surface area contributed by atoms with Crippen molar-refractivity contribution in [1.82, 2.24) is 0 Å². The molecule has 0 amide bonds. The Morgan fingerprint density at radius 3 is 1.86 bits per heavy atom. The van der Waals surface area contributed by atoms with Crippen molar-refractivity contribution in [2.75, 3.05) is 5.73 Å². The topological polar surface area (TPSA) is 63.3 Å². The summed E-state index contributed by atoms with van der Waals surface area (Å²) in [5.74, 6) is -1.31. The second-order valence-corrected chi connectivity index (χ2v) is 3.86. The Balaban J connectivity index is 3.68. The summed E-state index contributed by atoms with van der Waals surface area (Å²) in [5, 5.41) is 8.26. The van der Waals surface area contributed by atoms with Crippen LogP contribution in [0.5, 0.6) is 0 Å². The first-order valence-electron chi connectivity index (χ1n) is 3.22. The molecule has 7 heteroatoms. The van der Waals surface area contributed by atoms with Gasteiger partial charge in [0.15, 0.2) is 0 Å². The van der Waals surface area contributed by atoms with Crippen LogP contribution in [0, 0.1) is 0 Å². The first-order chi connectivity index (χ1) is 6.37. The number of halogens is 4. The molecule has 0 heterocycles. The van der Waals surface area contributed by atoms with Crippen LogP contribution >= 0.6 is 46.4 Å². The van der Waals surface area contributed by atoms with Crippen LogP contribution in [0.15, 0.2) is 0 Å². The monoisotopic (exact) mass is 273 g/mol. The molecule has 0 bridgehead atoms. The summed E-state index contributed by atoms with van der Waals surface area (Å²) in [6.45, 7) is 0. The summed E-state index contributed by atoms with van der Waals surface area (Å²) in [5.41, 5.74) is 4.88. The summed E-state index contributed by atoms with van der Waals surface area (Å²) in [7, 11) is 0. The van der Waals surface area contributed by atoms with Crippen LogP contribution in [0.1, 0.15) is 10.4 Å². The normalized spacial score (nSPS) is 10.3. The lowest BCUT2D eigenvalue weighted by Gasteiger charge is -2.09. The van der Waals surface area contributed by atoms with Gasteiger partial charge in [-0.25, -0.2) is 4.79 Å². The van der Waals surface area contributed by atoms with E-state index in [-0.39, 0.29) is 31.3 Å². The van der Waals surface area contributed by atoms with Crippen molar-refractivity contribution >= 4 is 58.1 Å². The highest BCUT2D eigenvalue weighted by Crippen LogP contribution is 2.42. The van der Waals surface area contributed by atoms with Gasteiger partial charge >= 0.3 is 5.97 Å². The molecule has 0 spiro atoms. The van der Waals surface area contributed by atoms with Crippen LogP contribution in [-0.2, 0) is 0 Å². The molecule has 0 aliphatic carbocycles. The molecule has 0 fully saturated rings. The number of aromatic carboxylic acids is 1. The highest BCUT2D eigenvalue weighted by atomic mass is 35.5. The standard InChI is InChI=1S/C7H3Cl4NO2/c8-2-1(7(13)14)6(12)5(11)4(10)3(2)9/h12H2,(H,13,14). The third kappa shape index (κ3) is 1.73. The zero-order valence-electron chi connectivity index (χ0n) is 6.44. The van der Waals surface area contributed by atoms with E-state index in [9.17, 15) is 4.79 Å². The average molecular weight is 275 g/mol. The van der Waals surface area contributed by atoms with E-state index in [1.165, 1.54) is 0 Å². The van der Waals surface area contributed by atoms with Gasteiger partial charge in [-0.05, 0) is 0 Å². The molecule has 3 N–H and O–H groups in total. The van der Waals surface area contributed by atoms with Gasteiger partial charge in [-0.15, -0.1) is 0 Å². The fraction of sp³-hybridized carbons (Fsp3) is 0. The van der Waals surface area contributed by atoms with Gasteiger partial charge < -0.3 is 10.8 Å². The predicted octanol–water partition coefficient (Wildman–Crippen LogP) is 3.58. The molecular formula is C7H3Cl4NO2. The smallest absolute Gasteiger partial charge is 0.339 e. The SMILES string of the molecule is Nc1c(Cl)c(Cl)c(Cl)c(Cl)c1C(=O)O. The molecular weight excluding hydrogens is 272 g/mol. The minimum absolute atomic E-state index is 0.0548. The van der Waals surface area contributed by atoms with Crippen molar-refractivity contribution in [2.45, 2.75) is 0 Å². The Morgan fingerprint density at radius 1 is 1.00 bits per heavy atom. The second-order valence-electron chi connectivity index (χ2n) is 2.35. The van der Waals surface area contributed by atoms with E-state index in [2.05, 4.69) is 0 Å². The number of nitrogens with two attached hydrogens (primary N) is 1. The summed E-state index contributed by atoms with van der Waals surface area (Å²) in [6, 6.07) is 0. The largest absolute Gasteiger partial charge is 0.478 e. The average Bonchev–Trinajstić information content (AvgIpc) is 2.11. The van der Waals surface area contributed by atoms with Gasteiger partial charge in [0.05, 0.1) is 25.8 Å². The molecule has 1 aromatic carbocycles. The number of hydrogen-bond donors (Lipinski definition) is 2. The van der Waals surface area contributed by atoms with Crippen LogP contribution in [-0.4, -0.2) is 11.1 Å². The van der Waals surface area contributed by atoms with E-state index in [1.54, 1.807) is 0 Å². The molecule has 0 aliphatic heterocycles. The van der Waals surface area contributed by atoms with Gasteiger partial charge in [0.25, 0.3) is 0 Å². The molecule has 0 aliphatic rings. The van der Waals surface area contributed by atoms with Gasteiger partial charge in [-0.2, -0.15) is 0 Å². The highest BCUT2D eigenvalue weighted by molar-refractivity contribution is 6.54. The Hall–Kier alpha value is -0.350. The van der Waals surface area contributed by atoms with Gasteiger partial charge in [0, 0.05) is 0 Å². The van der Waals surface area contributed by atoms with Crippen molar-refractivity contribution in [2.24, 2.45) is 0 Å². The van der Waals surface area contributed by atoms with Gasteiger partial charge in [0.2, 0.25) is 0 Å². The molecule has 0 radical (unpaired) electrons. The molecule has 0 atom stereocenters. The van der Waals surface area contributed by atoms with Gasteiger partial charge in [-0.1, -0.05) is 46.4 Å². The van der Waals surface area contributed by atoms with E-state index >= 15 is 0 Å². The van der Waals surface area contributed by atoms with Crippen LogP contribution in [0.25, 0.3) is 0 Å². The van der Waals surface area contributed by atoms with Crippen LogP contribution in [0.3, 0.4) is 0 Å². The number of carbonyl (C=O) groups is 1. The second kappa shape index (κ2) is 4.03. The van der Waals surface area contributed by atoms with E-state index < -0.39 is 5.97 Å². The Morgan fingerprint density at radius 2 is 1.43 bits per heavy atom. The fourth-order valence-electron chi connectivity index (χ4n) is 0.858. The minimum atomic E-state index is -1.31. The van der Waals surface area contributed by atoms with Crippen molar-refractivity contribution in [3.8, 4) is 0 Å². The zero-order valence-corrected chi connectivity index (χ0v) is 9.47. The van der Waals surface area contributed by atoms with Crippen LogP contribution < -0.4 is 5.73 Å². The molecule has 3 nitrogen and oxygen atoms in total. The van der Waals surface area contributed by atoms with Gasteiger partial charge in [-0.3, -0.25) is 0 Å².